The van der Waals surface area contributed by atoms with Gasteiger partial charge in [0, 0.05) is 12.1 Å². The van der Waals surface area contributed by atoms with E-state index in [-0.39, 0.29) is 0 Å². The third-order valence-corrected chi connectivity index (χ3v) is 6.15. The number of unbranched alkanes of at least 4 members (excludes halogenated alkanes) is 1. The van der Waals surface area contributed by atoms with Crippen LogP contribution in [0.5, 0.6) is 5.75 Å². The zero-order valence-corrected chi connectivity index (χ0v) is 18.8. The molecule has 0 radical (unpaired) electrons. The molecule has 0 fully saturated rings. The van der Waals surface area contributed by atoms with Gasteiger partial charge in [-0.15, -0.1) is 0 Å². The number of hydrogen-bond acceptors (Lipinski definition) is 2. The van der Waals surface area contributed by atoms with E-state index in [2.05, 4.69) is 98.1 Å². The molecule has 0 aliphatic heterocycles. The highest BCUT2D eigenvalue weighted by Gasteiger charge is 2.13. The molecule has 0 aliphatic rings. The number of rotatable bonds is 9. The Balaban J connectivity index is 1.40. The van der Waals surface area contributed by atoms with E-state index in [0.717, 1.165) is 49.5 Å². The van der Waals surface area contributed by atoms with E-state index in [0.29, 0.717) is 5.92 Å². The second kappa shape index (κ2) is 9.82. The maximum Gasteiger partial charge on any atom is 0.141 e. The summed E-state index contributed by atoms with van der Waals surface area (Å²) in [4.78, 5) is 4.95. The molecular weight excluding hydrogens is 380 g/mol. The fraction of sp³-hybridized carbons (Fsp3) is 0.321. The molecule has 0 N–H and O–H groups in total. The van der Waals surface area contributed by atoms with Gasteiger partial charge in [0.25, 0.3) is 0 Å². The average molecular weight is 413 g/mol. The average Bonchev–Trinajstić information content (AvgIpc) is 3.17. The number of hydrogen-bond donors (Lipinski definition) is 0. The van der Waals surface area contributed by atoms with Crippen molar-refractivity contribution in [2.45, 2.75) is 52.5 Å². The summed E-state index contributed by atoms with van der Waals surface area (Å²) in [6.07, 6.45) is 3.21. The SMILES string of the molecule is CCC(C)c1ccc(OCCCCn2c(-c3ccccc3C)nc3ccccc32)cc1. The molecule has 160 valence electrons. The van der Waals surface area contributed by atoms with Crippen molar-refractivity contribution in [1.82, 2.24) is 9.55 Å². The van der Waals surface area contributed by atoms with E-state index < -0.39 is 0 Å². The molecule has 0 amide bonds. The lowest BCUT2D eigenvalue weighted by molar-refractivity contribution is 0.303. The highest BCUT2D eigenvalue weighted by atomic mass is 16.5. The Morgan fingerprint density at radius 2 is 1.65 bits per heavy atom. The molecule has 3 aromatic carbocycles. The van der Waals surface area contributed by atoms with Gasteiger partial charge in [0.05, 0.1) is 17.6 Å². The lowest BCUT2D eigenvalue weighted by Crippen LogP contribution is -2.04. The van der Waals surface area contributed by atoms with Crippen molar-refractivity contribution in [1.29, 1.82) is 0 Å². The van der Waals surface area contributed by atoms with Crippen LogP contribution in [0.4, 0.5) is 0 Å². The minimum atomic E-state index is 0.599. The number of nitrogens with zero attached hydrogens (tertiary/aromatic N) is 2. The van der Waals surface area contributed by atoms with Crippen LogP contribution < -0.4 is 4.74 Å². The van der Waals surface area contributed by atoms with E-state index in [1.165, 1.54) is 22.2 Å². The van der Waals surface area contributed by atoms with Crippen LogP contribution in [0, 0.1) is 6.92 Å². The molecule has 0 saturated carbocycles. The van der Waals surface area contributed by atoms with Gasteiger partial charge in [-0.3, -0.25) is 0 Å². The fourth-order valence-electron chi connectivity index (χ4n) is 4.02. The van der Waals surface area contributed by atoms with Gasteiger partial charge in [-0.1, -0.05) is 62.4 Å². The van der Waals surface area contributed by atoms with Crippen LogP contribution in [0.2, 0.25) is 0 Å². The van der Waals surface area contributed by atoms with Crippen molar-refractivity contribution in [2.24, 2.45) is 0 Å². The van der Waals surface area contributed by atoms with Crippen molar-refractivity contribution >= 4 is 11.0 Å². The van der Waals surface area contributed by atoms with Crippen molar-refractivity contribution in [3.8, 4) is 17.1 Å². The first-order chi connectivity index (χ1) is 15.2. The fourth-order valence-corrected chi connectivity index (χ4v) is 4.02. The molecule has 0 bridgehead atoms. The largest absolute Gasteiger partial charge is 0.494 e. The Hall–Kier alpha value is -3.07. The standard InChI is InChI=1S/C28H32N2O/c1-4-21(2)23-15-17-24(18-16-23)31-20-10-9-19-30-27-14-8-7-13-26(27)29-28(30)25-12-6-5-11-22(25)3/h5-8,11-18,21H,4,9-10,19-20H2,1-3H3. The first-order valence-corrected chi connectivity index (χ1v) is 11.4. The van der Waals surface area contributed by atoms with Gasteiger partial charge in [-0.25, -0.2) is 4.98 Å². The van der Waals surface area contributed by atoms with Gasteiger partial charge in [0.1, 0.15) is 11.6 Å². The monoisotopic (exact) mass is 412 g/mol. The van der Waals surface area contributed by atoms with Crippen molar-refractivity contribution in [2.75, 3.05) is 6.61 Å². The van der Waals surface area contributed by atoms with Crippen molar-refractivity contribution in [3.05, 3.63) is 83.9 Å². The molecule has 1 aromatic heterocycles. The summed E-state index contributed by atoms with van der Waals surface area (Å²) < 4.78 is 8.35. The normalized spacial score (nSPS) is 12.2. The molecule has 4 rings (SSSR count). The minimum absolute atomic E-state index is 0.599. The lowest BCUT2D eigenvalue weighted by Gasteiger charge is -2.12. The molecule has 0 saturated heterocycles. The Labute approximate surface area is 185 Å². The molecule has 3 nitrogen and oxygen atoms in total. The Morgan fingerprint density at radius 1 is 0.903 bits per heavy atom. The van der Waals surface area contributed by atoms with Gasteiger partial charge >= 0.3 is 0 Å². The Morgan fingerprint density at radius 3 is 2.42 bits per heavy atom. The van der Waals surface area contributed by atoms with E-state index in [9.17, 15) is 0 Å². The van der Waals surface area contributed by atoms with Gasteiger partial charge in [0.2, 0.25) is 0 Å². The first kappa shape index (κ1) is 21.2. The van der Waals surface area contributed by atoms with E-state index >= 15 is 0 Å². The summed E-state index contributed by atoms with van der Waals surface area (Å²) in [5, 5.41) is 0. The molecule has 31 heavy (non-hydrogen) atoms. The highest BCUT2D eigenvalue weighted by Crippen LogP contribution is 2.28. The molecule has 1 heterocycles. The van der Waals surface area contributed by atoms with Crippen LogP contribution >= 0.6 is 0 Å². The summed E-state index contributed by atoms with van der Waals surface area (Å²) in [7, 11) is 0. The second-order valence-electron chi connectivity index (χ2n) is 8.32. The number of ether oxygens (including phenoxy) is 1. The predicted molar refractivity (Wildman–Crippen MR) is 130 cm³/mol. The highest BCUT2D eigenvalue weighted by molar-refractivity contribution is 5.81. The van der Waals surface area contributed by atoms with Crippen molar-refractivity contribution in [3.63, 3.8) is 0 Å². The third kappa shape index (κ3) is 4.82. The van der Waals surface area contributed by atoms with Crippen LogP contribution in [-0.4, -0.2) is 16.2 Å². The summed E-state index contributed by atoms with van der Waals surface area (Å²) in [6, 6.07) is 25.5. The Bertz CT molecular complexity index is 1130. The lowest BCUT2D eigenvalue weighted by atomic mass is 9.99. The van der Waals surface area contributed by atoms with Crippen LogP contribution in [0.3, 0.4) is 0 Å². The zero-order valence-electron chi connectivity index (χ0n) is 18.8. The van der Waals surface area contributed by atoms with Gasteiger partial charge in [0.15, 0.2) is 0 Å². The number of aryl methyl sites for hydroxylation is 2. The first-order valence-electron chi connectivity index (χ1n) is 11.4. The molecule has 4 aromatic rings. The predicted octanol–water partition coefficient (Wildman–Crippen LogP) is 7.38. The van der Waals surface area contributed by atoms with Gasteiger partial charge in [-0.05, 0) is 67.5 Å². The maximum absolute atomic E-state index is 5.99. The smallest absolute Gasteiger partial charge is 0.141 e. The molecule has 3 heteroatoms. The second-order valence-corrected chi connectivity index (χ2v) is 8.32. The minimum Gasteiger partial charge on any atom is -0.494 e. The van der Waals surface area contributed by atoms with Crippen LogP contribution in [-0.2, 0) is 6.54 Å². The number of para-hydroxylation sites is 2. The van der Waals surface area contributed by atoms with Crippen LogP contribution in [0.1, 0.15) is 50.2 Å². The van der Waals surface area contributed by atoms with Gasteiger partial charge in [-0.2, -0.15) is 0 Å². The number of fused-ring (bicyclic) bond motifs is 1. The van der Waals surface area contributed by atoms with Crippen molar-refractivity contribution < 1.29 is 4.74 Å². The third-order valence-electron chi connectivity index (χ3n) is 6.15. The molecule has 1 atom stereocenters. The maximum atomic E-state index is 5.99. The Kier molecular flexibility index (Phi) is 6.71. The molecule has 1 unspecified atom stereocenters. The van der Waals surface area contributed by atoms with E-state index in [1.807, 2.05) is 0 Å². The molecule has 0 spiro atoms. The zero-order chi connectivity index (χ0) is 21.6. The summed E-state index contributed by atoms with van der Waals surface area (Å²) in [5.74, 6) is 2.61. The number of aromatic nitrogens is 2. The van der Waals surface area contributed by atoms with E-state index in [1.54, 1.807) is 0 Å². The number of benzene rings is 3. The topological polar surface area (TPSA) is 27.1 Å². The molecule has 0 aliphatic carbocycles. The number of imidazole rings is 1. The van der Waals surface area contributed by atoms with Crippen LogP contribution in [0.15, 0.2) is 72.8 Å². The summed E-state index contributed by atoms with van der Waals surface area (Å²) >= 11 is 0. The summed E-state index contributed by atoms with van der Waals surface area (Å²) in [5.41, 5.74) is 6.09. The van der Waals surface area contributed by atoms with Gasteiger partial charge < -0.3 is 9.30 Å². The quantitative estimate of drug-likeness (QED) is 0.268. The van der Waals surface area contributed by atoms with Crippen LogP contribution in [0.25, 0.3) is 22.4 Å². The van der Waals surface area contributed by atoms with E-state index in [4.69, 9.17) is 9.72 Å². The summed E-state index contributed by atoms with van der Waals surface area (Å²) in [6.45, 7) is 8.30. The molecular formula is C28H32N2O.